The second-order valence-corrected chi connectivity index (χ2v) is 10.0. The number of benzene rings is 3. The van der Waals surface area contributed by atoms with Gasteiger partial charge in [0.05, 0.1) is 0 Å². The maximum Gasteiger partial charge on any atom is 0.422 e. The van der Waals surface area contributed by atoms with E-state index in [1.165, 1.54) is 62.8 Å². The largest absolute Gasteiger partial charge is 0.478 e. The maximum atomic E-state index is 15.0. The second kappa shape index (κ2) is 12.1. The van der Waals surface area contributed by atoms with Crippen molar-refractivity contribution in [2.75, 3.05) is 6.61 Å². The Hall–Kier alpha value is -3.14. The van der Waals surface area contributed by atoms with E-state index in [0.29, 0.717) is 17.0 Å². The van der Waals surface area contributed by atoms with Crippen LogP contribution in [0.15, 0.2) is 42.5 Å². The average molecular weight is 533 g/mol. The smallest absolute Gasteiger partial charge is 0.422 e. The fourth-order valence-electron chi connectivity index (χ4n) is 5.06. The van der Waals surface area contributed by atoms with E-state index in [0.717, 1.165) is 24.8 Å². The van der Waals surface area contributed by atoms with Gasteiger partial charge < -0.3 is 4.74 Å². The molecule has 0 bridgehead atoms. The summed E-state index contributed by atoms with van der Waals surface area (Å²) in [7, 11) is 0. The number of hydrogen-bond acceptors (Lipinski definition) is 1. The third kappa shape index (κ3) is 7.03. The number of rotatable bonds is 7. The molecule has 0 aliphatic heterocycles. The van der Waals surface area contributed by atoms with E-state index in [1.807, 2.05) is 0 Å². The van der Waals surface area contributed by atoms with Crippen LogP contribution in [0.3, 0.4) is 0 Å². The summed E-state index contributed by atoms with van der Waals surface area (Å²) < 4.78 is 85.6. The lowest BCUT2D eigenvalue weighted by Gasteiger charge is -2.25. The van der Waals surface area contributed by atoms with Crippen LogP contribution in [-0.4, -0.2) is 12.8 Å². The van der Waals surface area contributed by atoms with Gasteiger partial charge in [-0.2, -0.15) is 13.2 Å². The molecule has 0 N–H and O–H groups in total. The zero-order chi connectivity index (χ0) is 27.3. The Kier molecular flexibility index (Phi) is 8.91. The highest BCUT2D eigenvalue weighted by atomic mass is 19.4. The molecule has 3 aromatic carbocycles. The zero-order valence-corrected chi connectivity index (χ0v) is 21.2. The molecule has 202 valence electrons. The summed E-state index contributed by atoms with van der Waals surface area (Å²) in [6, 6.07) is 9.59. The Morgan fingerprint density at radius 3 is 2.34 bits per heavy atom. The highest BCUT2D eigenvalue weighted by Crippen LogP contribution is 2.35. The first-order chi connectivity index (χ1) is 18.1. The van der Waals surface area contributed by atoms with Gasteiger partial charge in [-0.1, -0.05) is 62.6 Å². The fraction of sp³-hybridized carbons (Fsp3) is 0.419. The molecule has 38 heavy (non-hydrogen) atoms. The van der Waals surface area contributed by atoms with E-state index >= 15 is 0 Å². The normalized spacial score (nSPS) is 17.8. The standard InChI is InChI=1S/C31H30F6O/c1-2-3-4-5-20-6-8-21(9-7-20)10-11-22-12-14-25(27(32)16-22)23-13-15-26-24(17-23)18-28(33)30(29(26)34)38-19-31(35,36)37/h12-18,20-21H,2-9,19H2,1H3. The molecular formula is C31H30F6O. The molecule has 0 amide bonds. The van der Waals surface area contributed by atoms with Gasteiger partial charge in [0.2, 0.25) is 0 Å². The van der Waals surface area contributed by atoms with Crippen molar-refractivity contribution in [2.24, 2.45) is 11.8 Å². The molecule has 0 saturated heterocycles. The van der Waals surface area contributed by atoms with E-state index in [4.69, 9.17) is 0 Å². The Bertz CT molecular complexity index is 1330. The predicted octanol–water partition coefficient (Wildman–Crippen LogP) is 9.60. The third-order valence-corrected chi connectivity index (χ3v) is 7.13. The second-order valence-electron chi connectivity index (χ2n) is 10.0. The van der Waals surface area contributed by atoms with Crippen molar-refractivity contribution < 1.29 is 31.1 Å². The number of alkyl halides is 3. The van der Waals surface area contributed by atoms with Crippen molar-refractivity contribution in [3.05, 3.63) is 65.5 Å². The van der Waals surface area contributed by atoms with Crippen molar-refractivity contribution in [1.82, 2.24) is 0 Å². The van der Waals surface area contributed by atoms with Crippen LogP contribution >= 0.6 is 0 Å². The molecule has 3 aromatic rings. The lowest BCUT2D eigenvalue weighted by Crippen LogP contribution is -2.20. The van der Waals surface area contributed by atoms with Crippen LogP contribution in [0.2, 0.25) is 0 Å². The predicted molar refractivity (Wildman–Crippen MR) is 137 cm³/mol. The van der Waals surface area contributed by atoms with Gasteiger partial charge in [-0.15, -0.1) is 0 Å². The van der Waals surface area contributed by atoms with Gasteiger partial charge in [0, 0.05) is 22.4 Å². The van der Waals surface area contributed by atoms with Gasteiger partial charge in [0.1, 0.15) is 5.82 Å². The molecule has 1 nitrogen and oxygen atoms in total. The molecule has 7 heteroatoms. The topological polar surface area (TPSA) is 9.23 Å². The Labute approximate surface area is 219 Å². The quantitative estimate of drug-likeness (QED) is 0.167. The summed E-state index contributed by atoms with van der Waals surface area (Å²) in [6.45, 7) is 0.399. The van der Waals surface area contributed by atoms with Crippen molar-refractivity contribution >= 4 is 10.8 Å². The summed E-state index contributed by atoms with van der Waals surface area (Å²) in [5.41, 5.74) is 1.16. The molecule has 0 radical (unpaired) electrons. The number of hydrogen-bond donors (Lipinski definition) is 0. The molecule has 0 aromatic heterocycles. The molecule has 0 unspecified atom stereocenters. The zero-order valence-electron chi connectivity index (χ0n) is 21.2. The summed E-state index contributed by atoms with van der Waals surface area (Å²) in [6.07, 6.45) is 4.89. The fourth-order valence-corrected chi connectivity index (χ4v) is 5.06. The van der Waals surface area contributed by atoms with E-state index in [2.05, 4.69) is 23.5 Å². The van der Waals surface area contributed by atoms with E-state index < -0.39 is 36.0 Å². The molecule has 0 atom stereocenters. The van der Waals surface area contributed by atoms with Crippen molar-refractivity contribution in [3.63, 3.8) is 0 Å². The molecule has 0 heterocycles. The van der Waals surface area contributed by atoms with E-state index in [1.54, 1.807) is 12.1 Å². The Morgan fingerprint density at radius 2 is 1.66 bits per heavy atom. The minimum absolute atomic E-state index is 0.0745. The van der Waals surface area contributed by atoms with Crippen LogP contribution in [0.1, 0.15) is 63.9 Å². The van der Waals surface area contributed by atoms with Crippen LogP contribution in [0.5, 0.6) is 5.75 Å². The summed E-state index contributed by atoms with van der Waals surface area (Å²) >= 11 is 0. The van der Waals surface area contributed by atoms with E-state index in [9.17, 15) is 26.3 Å². The van der Waals surface area contributed by atoms with Crippen LogP contribution < -0.4 is 4.74 Å². The molecule has 1 aliphatic carbocycles. The van der Waals surface area contributed by atoms with Gasteiger partial charge in [-0.25, -0.2) is 13.2 Å². The summed E-state index contributed by atoms with van der Waals surface area (Å²) in [5, 5.41) is -0.0549. The van der Waals surface area contributed by atoms with Crippen LogP contribution in [0.25, 0.3) is 21.9 Å². The molecule has 1 aliphatic rings. The Balaban J connectivity index is 1.47. The molecule has 0 spiro atoms. The Morgan fingerprint density at radius 1 is 0.895 bits per heavy atom. The van der Waals surface area contributed by atoms with Crippen LogP contribution in [0.4, 0.5) is 26.3 Å². The van der Waals surface area contributed by atoms with Crippen molar-refractivity contribution in [2.45, 2.75) is 64.5 Å². The lowest BCUT2D eigenvalue weighted by molar-refractivity contribution is -0.154. The minimum Gasteiger partial charge on any atom is -0.478 e. The molecule has 1 saturated carbocycles. The maximum absolute atomic E-state index is 15.0. The summed E-state index contributed by atoms with van der Waals surface area (Å²) in [4.78, 5) is 0. The van der Waals surface area contributed by atoms with Gasteiger partial charge >= 0.3 is 6.18 Å². The van der Waals surface area contributed by atoms with Crippen molar-refractivity contribution in [1.29, 1.82) is 0 Å². The monoisotopic (exact) mass is 532 g/mol. The number of halogens is 6. The lowest BCUT2D eigenvalue weighted by atomic mass is 9.80. The van der Waals surface area contributed by atoms with Gasteiger partial charge in [0.25, 0.3) is 0 Å². The first-order valence-corrected chi connectivity index (χ1v) is 13.1. The van der Waals surface area contributed by atoms with Crippen molar-refractivity contribution in [3.8, 4) is 28.7 Å². The molecule has 1 fully saturated rings. The number of fused-ring (bicyclic) bond motifs is 1. The summed E-state index contributed by atoms with van der Waals surface area (Å²) in [5.74, 6) is 3.36. The molecular weight excluding hydrogens is 502 g/mol. The van der Waals surface area contributed by atoms with Gasteiger partial charge in [-0.05, 0) is 66.8 Å². The molecule has 4 rings (SSSR count). The minimum atomic E-state index is -4.74. The SMILES string of the molecule is CCCCCC1CCC(C#Cc2ccc(-c3ccc4c(F)c(OCC(F)(F)F)c(F)cc4c3)c(F)c2)CC1. The van der Waals surface area contributed by atoms with Gasteiger partial charge in [-0.3, -0.25) is 0 Å². The van der Waals surface area contributed by atoms with Crippen LogP contribution in [-0.2, 0) is 0 Å². The first-order valence-electron chi connectivity index (χ1n) is 13.1. The number of unbranched alkanes of at least 4 members (excludes halogenated alkanes) is 2. The highest BCUT2D eigenvalue weighted by Gasteiger charge is 2.30. The van der Waals surface area contributed by atoms with Crippen LogP contribution in [0, 0.1) is 41.1 Å². The first kappa shape index (κ1) is 27.9. The van der Waals surface area contributed by atoms with Gasteiger partial charge in [0.15, 0.2) is 24.0 Å². The average Bonchev–Trinajstić information content (AvgIpc) is 2.87. The van der Waals surface area contributed by atoms with E-state index in [-0.39, 0.29) is 16.3 Å². The third-order valence-electron chi connectivity index (χ3n) is 7.13. The number of ether oxygens (including phenoxy) is 1. The highest BCUT2D eigenvalue weighted by molar-refractivity contribution is 5.89.